The number of phenolic OH excluding ortho intramolecular Hbond substituents is 1. The Morgan fingerprint density at radius 3 is 2.22 bits per heavy atom. The topological polar surface area (TPSA) is 54.4 Å². The van der Waals surface area contributed by atoms with Gasteiger partial charge in [0.2, 0.25) is 5.88 Å². The first-order valence-corrected chi connectivity index (χ1v) is 9.61. The van der Waals surface area contributed by atoms with Crippen LogP contribution in [0.15, 0.2) is 30.5 Å². The van der Waals surface area contributed by atoms with E-state index < -0.39 is 0 Å². The third-order valence-electron chi connectivity index (χ3n) is 4.27. The molecule has 0 aliphatic carbocycles. The molecule has 2 rings (SSSR count). The van der Waals surface area contributed by atoms with Crippen molar-refractivity contribution in [3.05, 3.63) is 41.6 Å². The number of pyridine rings is 1. The number of aromatic nitrogens is 1. The van der Waals surface area contributed by atoms with Crippen LogP contribution < -0.4 is 10.1 Å². The molecule has 0 aliphatic rings. The zero-order valence-corrected chi connectivity index (χ0v) is 18.0. The second-order valence-electron chi connectivity index (χ2n) is 9.44. The SMILES string of the molecule is CC(C)Oc1ccc(-c2cc(C(C)(C)C)cc(CNC(C)(C)C)c2O)cn1. The fraction of sp³-hybridized carbons (Fsp3) is 0.522. The number of benzene rings is 1. The van der Waals surface area contributed by atoms with Crippen LogP contribution in [0.2, 0.25) is 0 Å². The van der Waals surface area contributed by atoms with E-state index in [1.807, 2.05) is 26.0 Å². The number of aromatic hydroxyl groups is 1. The number of ether oxygens (including phenoxy) is 1. The first kappa shape index (κ1) is 21.2. The van der Waals surface area contributed by atoms with Crippen molar-refractivity contribution in [2.75, 3.05) is 0 Å². The van der Waals surface area contributed by atoms with Gasteiger partial charge in [-0.3, -0.25) is 0 Å². The van der Waals surface area contributed by atoms with Crippen LogP contribution in [-0.2, 0) is 12.0 Å². The Kier molecular flexibility index (Phi) is 6.21. The number of hydrogen-bond donors (Lipinski definition) is 2. The highest BCUT2D eigenvalue weighted by Crippen LogP contribution is 2.37. The van der Waals surface area contributed by atoms with Crippen LogP contribution in [0.5, 0.6) is 11.6 Å². The molecule has 0 radical (unpaired) electrons. The molecule has 0 saturated carbocycles. The summed E-state index contributed by atoms with van der Waals surface area (Å²) < 4.78 is 5.63. The molecule has 2 aromatic rings. The zero-order chi connectivity index (χ0) is 20.4. The molecule has 0 atom stereocenters. The molecular weight excluding hydrogens is 336 g/mol. The smallest absolute Gasteiger partial charge is 0.213 e. The summed E-state index contributed by atoms with van der Waals surface area (Å²) in [6, 6.07) is 7.97. The third-order valence-corrected chi connectivity index (χ3v) is 4.27. The lowest BCUT2D eigenvalue weighted by Crippen LogP contribution is -2.35. The molecule has 27 heavy (non-hydrogen) atoms. The molecule has 2 N–H and O–H groups in total. The molecule has 0 spiro atoms. The van der Waals surface area contributed by atoms with Crippen molar-refractivity contribution in [1.29, 1.82) is 0 Å². The summed E-state index contributed by atoms with van der Waals surface area (Å²) in [6.45, 7) is 17.5. The Hall–Kier alpha value is -2.07. The quantitative estimate of drug-likeness (QED) is 0.737. The van der Waals surface area contributed by atoms with Gasteiger partial charge in [-0.1, -0.05) is 26.8 Å². The maximum Gasteiger partial charge on any atom is 0.213 e. The fourth-order valence-corrected chi connectivity index (χ4v) is 2.69. The van der Waals surface area contributed by atoms with Gasteiger partial charge in [-0.25, -0.2) is 4.98 Å². The van der Waals surface area contributed by atoms with E-state index in [9.17, 15) is 5.11 Å². The number of rotatable bonds is 5. The molecule has 0 amide bonds. The monoisotopic (exact) mass is 370 g/mol. The van der Waals surface area contributed by atoms with Crippen molar-refractivity contribution in [2.24, 2.45) is 0 Å². The Bertz CT molecular complexity index is 767. The largest absolute Gasteiger partial charge is 0.507 e. The van der Waals surface area contributed by atoms with Gasteiger partial charge in [-0.15, -0.1) is 0 Å². The number of nitrogens with one attached hydrogen (secondary N) is 1. The molecule has 4 heteroatoms. The molecule has 0 unspecified atom stereocenters. The van der Waals surface area contributed by atoms with Crippen LogP contribution in [0, 0.1) is 0 Å². The summed E-state index contributed by atoms with van der Waals surface area (Å²) >= 11 is 0. The average molecular weight is 371 g/mol. The molecule has 0 bridgehead atoms. The van der Waals surface area contributed by atoms with E-state index >= 15 is 0 Å². The molecule has 0 saturated heterocycles. The van der Waals surface area contributed by atoms with Crippen LogP contribution in [0.3, 0.4) is 0 Å². The normalized spacial score (nSPS) is 12.5. The van der Waals surface area contributed by atoms with Gasteiger partial charge >= 0.3 is 0 Å². The molecule has 1 aromatic carbocycles. The van der Waals surface area contributed by atoms with Gasteiger partial charge in [0.05, 0.1) is 6.10 Å². The highest BCUT2D eigenvalue weighted by molar-refractivity contribution is 5.72. The zero-order valence-electron chi connectivity index (χ0n) is 18.0. The molecule has 4 nitrogen and oxygen atoms in total. The van der Waals surface area contributed by atoms with Gasteiger partial charge in [0.15, 0.2) is 0 Å². The van der Waals surface area contributed by atoms with Crippen molar-refractivity contribution in [3.8, 4) is 22.8 Å². The summed E-state index contributed by atoms with van der Waals surface area (Å²) in [5.41, 5.74) is 3.72. The van der Waals surface area contributed by atoms with E-state index in [0.717, 1.165) is 16.7 Å². The summed E-state index contributed by atoms with van der Waals surface area (Å²) in [4.78, 5) is 4.39. The second kappa shape index (κ2) is 7.89. The molecule has 1 heterocycles. The lowest BCUT2D eigenvalue weighted by atomic mass is 9.83. The average Bonchev–Trinajstić information content (AvgIpc) is 2.52. The minimum Gasteiger partial charge on any atom is -0.507 e. The third kappa shape index (κ3) is 5.96. The van der Waals surface area contributed by atoms with E-state index in [-0.39, 0.29) is 17.1 Å². The van der Waals surface area contributed by atoms with Crippen molar-refractivity contribution in [1.82, 2.24) is 10.3 Å². The van der Waals surface area contributed by atoms with Crippen LogP contribution >= 0.6 is 0 Å². The van der Waals surface area contributed by atoms with Crippen molar-refractivity contribution in [3.63, 3.8) is 0 Å². The highest BCUT2D eigenvalue weighted by Gasteiger charge is 2.20. The van der Waals surface area contributed by atoms with Crippen LogP contribution in [0.1, 0.15) is 66.5 Å². The Morgan fingerprint density at radius 2 is 1.74 bits per heavy atom. The van der Waals surface area contributed by atoms with Crippen LogP contribution in [0.4, 0.5) is 0 Å². The van der Waals surface area contributed by atoms with Crippen molar-refractivity contribution < 1.29 is 9.84 Å². The maximum absolute atomic E-state index is 10.9. The molecule has 0 fully saturated rings. The van der Waals surface area contributed by atoms with Gasteiger partial charge in [0.1, 0.15) is 5.75 Å². The Balaban J connectivity index is 2.47. The van der Waals surface area contributed by atoms with Gasteiger partial charge < -0.3 is 15.2 Å². The fourth-order valence-electron chi connectivity index (χ4n) is 2.69. The minimum atomic E-state index is -0.0261. The molecule has 148 valence electrons. The van der Waals surface area contributed by atoms with Gasteiger partial charge in [-0.05, 0) is 57.7 Å². The van der Waals surface area contributed by atoms with Crippen molar-refractivity contribution in [2.45, 2.75) is 79.0 Å². The Morgan fingerprint density at radius 1 is 1.07 bits per heavy atom. The summed E-state index contributed by atoms with van der Waals surface area (Å²) in [5, 5.41) is 14.4. The van der Waals surface area contributed by atoms with Gasteiger partial charge in [0.25, 0.3) is 0 Å². The van der Waals surface area contributed by atoms with Gasteiger partial charge in [0, 0.05) is 41.0 Å². The second-order valence-corrected chi connectivity index (χ2v) is 9.44. The first-order chi connectivity index (χ1) is 12.4. The summed E-state index contributed by atoms with van der Waals surface area (Å²) in [5.74, 6) is 0.897. The molecule has 0 aliphatic heterocycles. The van der Waals surface area contributed by atoms with Crippen LogP contribution in [0.25, 0.3) is 11.1 Å². The van der Waals surface area contributed by atoms with E-state index in [1.54, 1.807) is 6.20 Å². The predicted octanol–water partition coefficient (Wildman–Crippen LogP) is 5.43. The van der Waals surface area contributed by atoms with E-state index in [2.05, 4.69) is 64.0 Å². The van der Waals surface area contributed by atoms with Crippen molar-refractivity contribution >= 4 is 0 Å². The first-order valence-electron chi connectivity index (χ1n) is 9.61. The standard InChI is InChI=1S/C23H34N2O2/c1-15(2)27-20-10-9-16(13-24-20)19-12-18(22(3,4)5)11-17(21(19)26)14-25-23(6,7)8/h9-13,15,25-26H,14H2,1-8H3. The minimum absolute atomic E-state index is 0.0208. The number of nitrogens with zero attached hydrogens (tertiary/aromatic N) is 1. The molecule has 1 aromatic heterocycles. The highest BCUT2D eigenvalue weighted by atomic mass is 16.5. The van der Waals surface area contributed by atoms with Crippen LogP contribution in [-0.4, -0.2) is 21.7 Å². The predicted molar refractivity (Wildman–Crippen MR) is 112 cm³/mol. The number of phenols is 1. The lowest BCUT2D eigenvalue weighted by molar-refractivity contribution is 0.232. The molecular formula is C23H34N2O2. The summed E-state index contributed by atoms with van der Waals surface area (Å²) in [7, 11) is 0. The lowest BCUT2D eigenvalue weighted by Gasteiger charge is -2.25. The van der Waals surface area contributed by atoms with Gasteiger partial charge in [-0.2, -0.15) is 0 Å². The van der Waals surface area contributed by atoms with E-state index in [4.69, 9.17) is 4.74 Å². The maximum atomic E-state index is 10.9. The van der Waals surface area contributed by atoms with E-state index in [0.29, 0.717) is 18.2 Å². The number of hydrogen-bond acceptors (Lipinski definition) is 4. The summed E-state index contributed by atoms with van der Waals surface area (Å²) in [6.07, 6.45) is 1.84. The Labute approximate surface area is 164 Å². The van der Waals surface area contributed by atoms with E-state index in [1.165, 1.54) is 5.56 Å².